The van der Waals surface area contributed by atoms with Gasteiger partial charge in [0.1, 0.15) is 18.3 Å². The van der Waals surface area contributed by atoms with E-state index in [0.29, 0.717) is 0 Å². The standard InChI is InChI=1S/C9H12N2O6.3C2H4O2/c12-4-3-17-8(7(15)6(4)14)11-2-1-5(13)10-9(11)16;3*1-2(3)4/h1-2,4,6-8,12,14-15H,3H2,(H,10,13,16);3*1H3,(H,3,4)/t4-,6-,7-,8-;;;/m0.../s1. The second-order valence-corrected chi connectivity index (χ2v) is 5.35. The lowest BCUT2D eigenvalue weighted by Gasteiger charge is -2.35. The first kappa shape index (κ1) is 28.1. The van der Waals surface area contributed by atoms with Gasteiger partial charge in [-0.25, -0.2) is 4.79 Å². The molecule has 0 spiro atoms. The summed E-state index contributed by atoms with van der Waals surface area (Å²) in [5.41, 5.74) is -1.33. The summed E-state index contributed by atoms with van der Waals surface area (Å²) in [5, 5.41) is 50.6. The van der Waals surface area contributed by atoms with E-state index in [0.717, 1.165) is 37.6 Å². The maximum atomic E-state index is 11.4. The van der Waals surface area contributed by atoms with E-state index < -0.39 is 53.7 Å². The summed E-state index contributed by atoms with van der Waals surface area (Å²) in [7, 11) is 0. The first-order valence-corrected chi connectivity index (χ1v) is 7.76. The lowest BCUT2D eigenvalue weighted by molar-refractivity contribution is -0.212. The van der Waals surface area contributed by atoms with Crippen molar-refractivity contribution in [2.75, 3.05) is 6.61 Å². The van der Waals surface area contributed by atoms with Gasteiger partial charge in [-0.2, -0.15) is 0 Å². The SMILES string of the molecule is CC(=O)O.CC(=O)O.CC(=O)O.O=c1ccn([C@H]2OC[C@H](O)[C@H](O)[C@@H]2O)c(=O)[nH]1. The molecule has 0 saturated carbocycles. The maximum Gasteiger partial charge on any atom is 0.330 e. The van der Waals surface area contributed by atoms with E-state index in [1.165, 1.54) is 0 Å². The molecule has 2 heterocycles. The van der Waals surface area contributed by atoms with E-state index >= 15 is 0 Å². The Hall–Kier alpha value is -3.07. The largest absolute Gasteiger partial charge is 0.481 e. The fraction of sp³-hybridized carbons (Fsp3) is 0.533. The molecule has 1 aliphatic rings. The monoisotopic (exact) mass is 424 g/mol. The lowest BCUT2D eigenvalue weighted by Crippen LogP contribution is -2.52. The zero-order valence-electron chi connectivity index (χ0n) is 15.8. The van der Waals surface area contributed by atoms with Crippen LogP contribution < -0.4 is 11.2 Å². The zero-order valence-corrected chi connectivity index (χ0v) is 15.8. The number of H-pyrrole nitrogens is 1. The Balaban J connectivity index is 0. The van der Waals surface area contributed by atoms with Crippen LogP contribution in [0.25, 0.3) is 0 Å². The molecule has 1 aromatic rings. The molecule has 14 heteroatoms. The van der Waals surface area contributed by atoms with Gasteiger partial charge in [0.2, 0.25) is 0 Å². The van der Waals surface area contributed by atoms with Crippen LogP contribution in [-0.4, -0.2) is 83.0 Å². The second-order valence-electron chi connectivity index (χ2n) is 5.35. The summed E-state index contributed by atoms with van der Waals surface area (Å²) >= 11 is 0. The van der Waals surface area contributed by atoms with Crippen LogP contribution in [0, 0.1) is 0 Å². The van der Waals surface area contributed by atoms with Crippen molar-refractivity contribution in [2.45, 2.75) is 45.3 Å². The first-order chi connectivity index (χ1) is 13.2. The maximum absolute atomic E-state index is 11.4. The van der Waals surface area contributed by atoms with Gasteiger partial charge in [-0.15, -0.1) is 0 Å². The molecule has 29 heavy (non-hydrogen) atoms. The summed E-state index contributed by atoms with van der Waals surface area (Å²) in [4.78, 5) is 51.3. The third-order valence-electron chi connectivity index (χ3n) is 2.60. The number of carbonyl (C=O) groups is 3. The predicted molar refractivity (Wildman–Crippen MR) is 94.3 cm³/mol. The van der Waals surface area contributed by atoms with Gasteiger partial charge in [0, 0.05) is 33.0 Å². The highest BCUT2D eigenvalue weighted by Gasteiger charge is 2.38. The van der Waals surface area contributed by atoms with Gasteiger partial charge in [-0.05, 0) is 0 Å². The van der Waals surface area contributed by atoms with Crippen molar-refractivity contribution in [1.29, 1.82) is 0 Å². The van der Waals surface area contributed by atoms with Gasteiger partial charge in [0.15, 0.2) is 6.23 Å². The number of aliphatic hydroxyl groups is 3. The number of rotatable bonds is 1. The quantitative estimate of drug-likeness (QED) is 0.246. The molecule has 166 valence electrons. The molecule has 1 aliphatic heterocycles. The van der Waals surface area contributed by atoms with Gasteiger partial charge in [-0.1, -0.05) is 0 Å². The first-order valence-electron chi connectivity index (χ1n) is 7.76. The third kappa shape index (κ3) is 13.7. The Morgan fingerprint density at radius 1 is 0.966 bits per heavy atom. The molecule has 1 aromatic heterocycles. The van der Waals surface area contributed by atoms with Crippen molar-refractivity contribution < 1.29 is 49.8 Å². The van der Waals surface area contributed by atoms with E-state index in [1.807, 2.05) is 4.98 Å². The summed E-state index contributed by atoms with van der Waals surface area (Å²) in [6.07, 6.45) is -4.06. The fourth-order valence-corrected chi connectivity index (χ4v) is 1.66. The van der Waals surface area contributed by atoms with Crippen LogP contribution in [0.3, 0.4) is 0 Å². The number of carboxylic acids is 3. The molecule has 7 N–H and O–H groups in total. The average molecular weight is 424 g/mol. The molecule has 0 aromatic carbocycles. The van der Waals surface area contributed by atoms with E-state index in [1.54, 1.807) is 0 Å². The number of aliphatic carboxylic acids is 3. The molecule has 14 nitrogen and oxygen atoms in total. The highest BCUT2D eigenvalue weighted by molar-refractivity contribution is 5.63. The predicted octanol–water partition coefficient (Wildman–Crippen LogP) is -2.58. The molecule has 0 amide bonds. The Bertz CT molecular complexity index is 731. The second kappa shape index (κ2) is 14.0. The molecule has 0 unspecified atom stereocenters. The average Bonchev–Trinajstić information content (AvgIpc) is 2.52. The van der Waals surface area contributed by atoms with Crippen LogP contribution in [0.4, 0.5) is 0 Å². The molecule has 2 rings (SSSR count). The van der Waals surface area contributed by atoms with Crippen molar-refractivity contribution in [1.82, 2.24) is 9.55 Å². The van der Waals surface area contributed by atoms with E-state index in [4.69, 9.17) is 34.4 Å². The van der Waals surface area contributed by atoms with E-state index in [2.05, 4.69) is 0 Å². The third-order valence-corrected chi connectivity index (χ3v) is 2.60. The minimum atomic E-state index is -1.46. The summed E-state index contributed by atoms with van der Waals surface area (Å²) in [5.74, 6) is -2.50. The van der Waals surface area contributed by atoms with Crippen molar-refractivity contribution in [3.05, 3.63) is 33.1 Å². The molecule has 0 radical (unpaired) electrons. The number of hydrogen-bond donors (Lipinski definition) is 7. The number of carboxylic acid groups (broad SMARTS) is 3. The van der Waals surface area contributed by atoms with Crippen molar-refractivity contribution in [3.8, 4) is 0 Å². The Morgan fingerprint density at radius 2 is 1.38 bits per heavy atom. The van der Waals surface area contributed by atoms with Crippen LogP contribution in [0.5, 0.6) is 0 Å². The zero-order chi connectivity index (χ0) is 23.3. The van der Waals surface area contributed by atoms with Crippen molar-refractivity contribution in [3.63, 3.8) is 0 Å². The van der Waals surface area contributed by atoms with Crippen LogP contribution in [0.2, 0.25) is 0 Å². The van der Waals surface area contributed by atoms with Crippen LogP contribution >= 0.6 is 0 Å². The summed E-state index contributed by atoms with van der Waals surface area (Å²) < 4.78 is 6.01. The molecule has 1 fully saturated rings. The number of nitrogens with zero attached hydrogens (tertiary/aromatic N) is 1. The van der Waals surface area contributed by atoms with Gasteiger partial charge in [-0.3, -0.25) is 28.7 Å². The Kier molecular flexibility index (Phi) is 13.6. The number of aromatic amines is 1. The van der Waals surface area contributed by atoms with Gasteiger partial charge >= 0.3 is 5.69 Å². The highest BCUT2D eigenvalue weighted by atomic mass is 16.5. The number of aliphatic hydroxyl groups excluding tert-OH is 3. The van der Waals surface area contributed by atoms with Gasteiger partial charge in [0.05, 0.1) is 6.61 Å². The normalized spacial score (nSPS) is 22.3. The molecule has 0 aliphatic carbocycles. The van der Waals surface area contributed by atoms with Crippen LogP contribution in [-0.2, 0) is 19.1 Å². The Morgan fingerprint density at radius 3 is 1.76 bits per heavy atom. The van der Waals surface area contributed by atoms with Gasteiger partial charge < -0.3 is 35.4 Å². The number of hydrogen-bond acceptors (Lipinski definition) is 9. The van der Waals surface area contributed by atoms with E-state index in [9.17, 15) is 24.9 Å². The number of aromatic nitrogens is 2. The number of ether oxygens (including phenoxy) is 1. The minimum Gasteiger partial charge on any atom is -0.481 e. The number of nitrogens with one attached hydrogen (secondary N) is 1. The van der Waals surface area contributed by atoms with Crippen molar-refractivity contribution >= 4 is 17.9 Å². The van der Waals surface area contributed by atoms with E-state index in [-0.39, 0.29) is 6.61 Å². The van der Waals surface area contributed by atoms with Gasteiger partial charge in [0.25, 0.3) is 23.5 Å². The molecule has 0 bridgehead atoms. The minimum absolute atomic E-state index is 0.214. The van der Waals surface area contributed by atoms with Crippen LogP contribution in [0.1, 0.15) is 27.0 Å². The van der Waals surface area contributed by atoms with Crippen LogP contribution in [0.15, 0.2) is 21.9 Å². The molecule has 4 atom stereocenters. The molecular formula is C15H24N2O12. The Labute approximate surface area is 163 Å². The highest BCUT2D eigenvalue weighted by Crippen LogP contribution is 2.22. The molecular weight excluding hydrogens is 400 g/mol. The molecule has 1 saturated heterocycles. The fourth-order valence-electron chi connectivity index (χ4n) is 1.66. The lowest BCUT2D eigenvalue weighted by atomic mass is 10.0. The topological polar surface area (TPSA) is 237 Å². The summed E-state index contributed by atoms with van der Waals surface area (Å²) in [6.45, 7) is 3.04. The van der Waals surface area contributed by atoms with Crippen molar-refractivity contribution in [2.24, 2.45) is 0 Å². The summed E-state index contributed by atoms with van der Waals surface area (Å²) in [6, 6.07) is 1.09. The smallest absolute Gasteiger partial charge is 0.330 e.